The third-order valence-electron chi connectivity index (χ3n) is 6.46. The number of hydrogen-bond acceptors (Lipinski definition) is 1. The Morgan fingerprint density at radius 3 is 2.00 bits per heavy atom. The van der Waals surface area contributed by atoms with Crippen LogP contribution >= 0.6 is 0 Å². The fourth-order valence-corrected chi connectivity index (χ4v) is 5.84. The molecular weight excluding hydrogens is 244 g/mol. The lowest BCUT2D eigenvalue weighted by Crippen LogP contribution is -2.50. The van der Waals surface area contributed by atoms with E-state index in [9.17, 15) is 4.79 Å². The maximum absolute atomic E-state index is 12.9. The molecule has 5 rings (SSSR count). The van der Waals surface area contributed by atoms with E-state index in [2.05, 4.69) is 6.92 Å². The van der Waals surface area contributed by atoms with E-state index in [-0.39, 0.29) is 5.92 Å². The van der Waals surface area contributed by atoms with Crippen molar-refractivity contribution in [2.24, 2.45) is 29.1 Å². The van der Waals surface area contributed by atoms with E-state index in [4.69, 9.17) is 0 Å². The second-order valence-electron chi connectivity index (χ2n) is 7.73. The van der Waals surface area contributed by atoms with Gasteiger partial charge in [-0.05, 0) is 61.7 Å². The van der Waals surface area contributed by atoms with Gasteiger partial charge in [0.05, 0.1) is 0 Å². The Labute approximate surface area is 121 Å². The summed E-state index contributed by atoms with van der Waals surface area (Å²) in [6, 6.07) is 9.93. The van der Waals surface area contributed by atoms with Crippen LogP contribution in [0.5, 0.6) is 0 Å². The molecule has 0 aromatic heterocycles. The van der Waals surface area contributed by atoms with Crippen molar-refractivity contribution in [2.45, 2.75) is 45.4 Å². The van der Waals surface area contributed by atoms with Crippen LogP contribution in [-0.4, -0.2) is 5.78 Å². The molecular formula is C19H24O. The van der Waals surface area contributed by atoms with E-state index < -0.39 is 0 Å². The molecule has 4 saturated carbocycles. The van der Waals surface area contributed by atoms with E-state index in [0.717, 1.165) is 23.3 Å². The Morgan fingerprint density at radius 1 is 1.00 bits per heavy atom. The fraction of sp³-hybridized carbons (Fsp3) is 0.632. The monoisotopic (exact) mass is 268 g/mol. The molecule has 4 bridgehead atoms. The van der Waals surface area contributed by atoms with E-state index in [1.165, 1.54) is 38.5 Å². The van der Waals surface area contributed by atoms with Crippen molar-refractivity contribution in [3.63, 3.8) is 0 Å². The second kappa shape index (κ2) is 4.44. The molecule has 106 valence electrons. The summed E-state index contributed by atoms with van der Waals surface area (Å²) in [5.41, 5.74) is 1.25. The van der Waals surface area contributed by atoms with Crippen LogP contribution in [0.15, 0.2) is 30.3 Å². The summed E-state index contributed by atoms with van der Waals surface area (Å²) in [5, 5.41) is 0. The number of rotatable bonds is 3. The zero-order valence-corrected chi connectivity index (χ0v) is 12.3. The summed E-state index contributed by atoms with van der Waals surface area (Å²) < 4.78 is 0. The summed E-state index contributed by atoms with van der Waals surface area (Å²) in [6.45, 7) is 2.21. The van der Waals surface area contributed by atoms with Gasteiger partial charge in [0.2, 0.25) is 0 Å². The van der Waals surface area contributed by atoms with Gasteiger partial charge < -0.3 is 0 Å². The first-order chi connectivity index (χ1) is 9.66. The van der Waals surface area contributed by atoms with Gasteiger partial charge in [0.1, 0.15) is 0 Å². The fourth-order valence-electron chi connectivity index (χ4n) is 5.84. The minimum absolute atomic E-state index is 0.207. The van der Waals surface area contributed by atoms with E-state index >= 15 is 0 Å². The standard InChI is InChI=1S/C19H24O/c1-13(18(20)17-5-3-2-4-6-17)19-10-14-7-15(11-19)9-16(8-14)12-19/h2-6,13-16H,7-12H2,1H3. The minimum Gasteiger partial charge on any atom is -0.294 e. The number of carbonyl (C=O) groups is 1. The van der Waals surface area contributed by atoms with Crippen molar-refractivity contribution in [2.75, 3.05) is 0 Å². The van der Waals surface area contributed by atoms with Crippen molar-refractivity contribution in [1.29, 1.82) is 0 Å². The van der Waals surface area contributed by atoms with Crippen molar-refractivity contribution in [3.8, 4) is 0 Å². The summed E-state index contributed by atoms with van der Waals surface area (Å²) in [6.07, 6.45) is 8.30. The third-order valence-corrected chi connectivity index (χ3v) is 6.46. The Hall–Kier alpha value is -1.11. The van der Waals surface area contributed by atoms with Crippen molar-refractivity contribution >= 4 is 5.78 Å². The summed E-state index contributed by atoms with van der Waals surface area (Å²) >= 11 is 0. The summed E-state index contributed by atoms with van der Waals surface area (Å²) in [5.74, 6) is 3.36. The number of ketones is 1. The van der Waals surface area contributed by atoms with Gasteiger partial charge in [-0.3, -0.25) is 4.79 Å². The normalized spacial score (nSPS) is 39.8. The lowest BCUT2D eigenvalue weighted by Gasteiger charge is -2.58. The topological polar surface area (TPSA) is 17.1 Å². The highest BCUT2D eigenvalue weighted by atomic mass is 16.1. The molecule has 4 aliphatic rings. The molecule has 0 amide bonds. The van der Waals surface area contributed by atoms with Crippen LogP contribution in [0.3, 0.4) is 0 Å². The molecule has 0 aliphatic heterocycles. The van der Waals surface area contributed by atoms with Gasteiger partial charge in [-0.1, -0.05) is 37.3 Å². The molecule has 0 saturated heterocycles. The van der Waals surface area contributed by atoms with Gasteiger partial charge in [0.25, 0.3) is 0 Å². The molecule has 1 aromatic rings. The lowest BCUT2D eigenvalue weighted by molar-refractivity contribution is -0.0746. The number of benzene rings is 1. The molecule has 1 atom stereocenters. The molecule has 4 fully saturated rings. The Bertz CT molecular complexity index is 481. The predicted octanol–water partition coefficient (Wildman–Crippen LogP) is 4.72. The first-order valence-corrected chi connectivity index (χ1v) is 8.25. The smallest absolute Gasteiger partial charge is 0.166 e. The first kappa shape index (κ1) is 12.6. The van der Waals surface area contributed by atoms with Gasteiger partial charge in [0.15, 0.2) is 5.78 Å². The van der Waals surface area contributed by atoms with E-state index in [1.807, 2.05) is 30.3 Å². The van der Waals surface area contributed by atoms with Crippen LogP contribution < -0.4 is 0 Å². The van der Waals surface area contributed by atoms with Crippen LogP contribution in [0, 0.1) is 29.1 Å². The average Bonchev–Trinajstić information content (AvgIpc) is 2.45. The molecule has 0 N–H and O–H groups in total. The molecule has 1 heteroatoms. The zero-order valence-electron chi connectivity index (χ0n) is 12.3. The van der Waals surface area contributed by atoms with Crippen LogP contribution in [0.2, 0.25) is 0 Å². The predicted molar refractivity (Wildman–Crippen MR) is 80.5 cm³/mol. The van der Waals surface area contributed by atoms with Crippen molar-refractivity contribution in [1.82, 2.24) is 0 Å². The number of Topliss-reactive ketones (excluding diaryl/α,β-unsaturated/α-hetero) is 1. The van der Waals surface area contributed by atoms with Gasteiger partial charge in [-0.2, -0.15) is 0 Å². The molecule has 1 nitrogen and oxygen atoms in total. The third kappa shape index (κ3) is 1.86. The van der Waals surface area contributed by atoms with Crippen LogP contribution in [0.4, 0.5) is 0 Å². The molecule has 0 spiro atoms. The van der Waals surface area contributed by atoms with Crippen molar-refractivity contribution < 1.29 is 4.79 Å². The van der Waals surface area contributed by atoms with Crippen molar-refractivity contribution in [3.05, 3.63) is 35.9 Å². The summed E-state index contributed by atoms with van der Waals surface area (Å²) in [4.78, 5) is 12.9. The van der Waals surface area contributed by atoms with Crippen LogP contribution in [0.1, 0.15) is 55.8 Å². The van der Waals surface area contributed by atoms with Crippen LogP contribution in [0.25, 0.3) is 0 Å². The molecule has 0 radical (unpaired) electrons. The molecule has 20 heavy (non-hydrogen) atoms. The molecule has 1 unspecified atom stereocenters. The first-order valence-electron chi connectivity index (χ1n) is 8.25. The second-order valence-corrected chi connectivity index (χ2v) is 7.73. The Morgan fingerprint density at radius 2 is 1.50 bits per heavy atom. The van der Waals surface area contributed by atoms with E-state index in [0.29, 0.717) is 11.2 Å². The van der Waals surface area contributed by atoms with E-state index in [1.54, 1.807) is 0 Å². The highest BCUT2D eigenvalue weighted by Crippen LogP contribution is 2.63. The highest BCUT2D eigenvalue weighted by molar-refractivity contribution is 5.98. The average molecular weight is 268 g/mol. The van der Waals surface area contributed by atoms with Crippen LogP contribution in [-0.2, 0) is 0 Å². The zero-order chi connectivity index (χ0) is 13.7. The molecule has 0 heterocycles. The molecule has 1 aromatic carbocycles. The Kier molecular flexibility index (Phi) is 2.80. The Balaban J connectivity index is 1.62. The maximum atomic E-state index is 12.9. The van der Waals surface area contributed by atoms with Gasteiger partial charge in [-0.25, -0.2) is 0 Å². The van der Waals surface area contributed by atoms with Gasteiger partial charge in [-0.15, -0.1) is 0 Å². The number of carbonyl (C=O) groups excluding carboxylic acids is 1. The lowest BCUT2D eigenvalue weighted by atomic mass is 9.46. The molecule has 4 aliphatic carbocycles. The SMILES string of the molecule is CC(C(=O)c1ccccc1)C12CC3CC(CC(C3)C1)C2. The maximum Gasteiger partial charge on any atom is 0.166 e. The van der Waals surface area contributed by atoms with Gasteiger partial charge in [0, 0.05) is 11.5 Å². The largest absolute Gasteiger partial charge is 0.294 e. The highest BCUT2D eigenvalue weighted by Gasteiger charge is 2.54. The summed E-state index contributed by atoms with van der Waals surface area (Å²) in [7, 11) is 0. The van der Waals surface area contributed by atoms with Gasteiger partial charge >= 0.3 is 0 Å². The minimum atomic E-state index is 0.207. The quantitative estimate of drug-likeness (QED) is 0.725. The number of hydrogen-bond donors (Lipinski definition) is 0.